The maximum absolute atomic E-state index is 13.0. The first-order chi connectivity index (χ1) is 16.9. The van der Waals surface area contributed by atoms with E-state index in [1.165, 1.54) is 0 Å². The molecular weight excluding hydrogens is 442 g/mol. The Morgan fingerprint density at radius 2 is 1.74 bits per heavy atom. The van der Waals surface area contributed by atoms with Crippen molar-refractivity contribution in [2.24, 2.45) is 0 Å². The Morgan fingerprint density at radius 3 is 2.43 bits per heavy atom. The van der Waals surface area contributed by atoms with E-state index in [1.54, 1.807) is 31.3 Å². The number of esters is 1. The molecule has 0 radical (unpaired) electrons. The van der Waals surface area contributed by atoms with Crippen LogP contribution in [0.15, 0.2) is 60.9 Å². The molecule has 35 heavy (non-hydrogen) atoms. The van der Waals surface area contributed by atoms with E-state index >= 15 is 0 Å². The van der Waals surface area contributed by atoms with Crippen molar-refractivity contribution in [3.63, 3.8) is 0 Å². The highest BCUT2D eigenvalue weighted by molar-refractivity contribution is 5.79. The first kappa shape index (κ1) is 25.7. The number of nitrogens with zero attached hydrogens (tertiary/aromatic N) is 2. The quantitative estimate of drug-likeness (QED) is 0.422. The van der Waals surface area contributed by atoms with Gasteiger partial charge >= 0.3 is 12.0 Å². The Labute approximate surface area is 207 Å². The predicted molar refractivity (Wildman–Crippen MR) is 136 cm³/mol. The molecule has 1 aromatic heterocycles. The summed E-state index contributed by atoms with van der Waals surface area (Å²) in [6.45, 7) is 7.55. The van der Waals surface area contributed by atoms with Crippen LogP contribution in [0.2, 0.25) is 0 Å². The normalized spacial score (nSPS) is 10.5. The molecule has 7 nitrogen and oxygen atoms in total. The summed E-state index contributed by atoms with van der Waals surface area (Å²) < 4.78 is 10.8. The standard InChI is InChI=1S/C28H33N3O4/c1-5-31(28(33)30-18-21-11-13-29-14-12-21)19-23-15-20(3)7-9-24(23)25-16-22(8-10-26(25)34-4)17-27(32)35-6-2/h7-16H,5-6,17-19H2,1-4H3,(H,30,33). The third-order valence-corrected chi connectivity index (χ3v) is 5.69. The Hall–Kier alpha value is -3.87. The zero-order chi connectivity index (χ0) is 25.2. The van der Waals surface area contributed by atoms with Gasteiger partial charge in [0.05, 0.1) is 20.1 Å². The lowest BCUT2D eigenvalue weighted by Crippen LogP contribution is -2.39. The number of amides is 2. The topological polar surface area (TPSA) is 80.8 Å². The number of rotatable bonds is 10. The summed E-state index contributed by atoms with van der Waals surface area (Å²) in [6, 6.07) is 15.5. The molecule has 1 heterocycles. The number of carbonyl (C=O) groups is 2. The molecule has 0 aliphatic carbocycles. The van der Waals surface area contributed by atoms with Crippen LogP contribution in [0.1, 0.15) is 36.1 Å². The number of carbonyl (C=O) groups excluding carboxylic acids is 2. The largest absolute Gasteiger partial charge is 0.496 e. The molecule has 0 fully saturated rings. The summed E-state index contributed by atoms with van der Waals surface area (Å²) in [5.74, 6) is 0.434. The average molecular weight is 476 g/mol. The smallest absolute Gasteiger partial charge is 0.317 e. The van der Waals surface area contributed by atoms with Gasteiger partial charge in [0.15, 0.2) is 0 Å². The number of aromatic nitrogens is 1. The zero-order valence-electron chi connectivity index (χ0n) is 20.8. The van der Waals surface area contributed by atoms with Gasteiger partial charge in [-0.15, -0.1) is 0 Å². The minimum atomic E-state index is -0.268. The van der Waals surface area contributed by atoms with Crippen molar-refractivity contribution in [3.8, 4) is 16.9 Å². The lowest BCUT2D eigenvalue weighted by molar-refractivity contribution is -0.142. The zero-order valence-corrected chi connectivity index (χ0v) is 20.8. The van der Waals surface area contributed by atoms with Crippen LogP contribution in [0.5, 0.6) is 5.75 Å². The van der Waals surface area contributed by atoms with Gasteiger partial charge in [-0.3, -0.25) is 9.78 Å². The van der Waals surface area contributed by atoms with E-state index in [0.29, 0.717) is 32.0 Å². The average Bonchev–Trinajstić information content (AvgIpc) is 2.86. The van der Waals surface area contributed by atoms with Crippen LogP contribution in [0.25, 0.3) is 11.1 Å². The van der Waals surface area contributed by atoms with Crippen LogP contribution in [0.3, 0.4) is 0 Å². The van der Waals surface area contributed by atoms with Crippen molar-refractivity contribution in [1.82, 2.24) is 15.2 Å². The molecule has 2 amide bonds. The molecule has 0 atom stereocenters. The van der Waals surface area contributed by atoms with Crippen LogP contribution in [-0.2, 0) is 29.0 Å². The first-order valence-electron chi connectivity index (χ1n) is 11.8. The number of pyridine rings is 1. The molecule has 0 aliphatic rings. The fraction of sp³-hybridized carbons (Fsp3) is 0.321. The second-order valence-electron chi connectivity index (χ2n) is 8.21. The van der Waals surface area contributed by atoms with Gasteiger partial charge in [0, 0.05) is 37.6 Å². The van der Waals surface area contributed by atoms with Crippen molar-refractivity contribution in [1.29, 1.82) is 0 Å². The fourth-order valence-corrected chi connectivity index (χ4v) is 3.89. The summed E-state index contributed by atoms with van der Waals surface area (Å²) in [6.07, 6.45) is 3.60. The second kappa shape index (κ2) is 12.6. The van der Waals surface area contributed by atoms with E-state index in [-0.39, 0.29) is 18.4 Å². The van der Waals surface area contributed by atoms with E-state index in [0.717, 1.165) is 33.4 Å². The van der Waals surface area contributed by atoms with E-state index in [2.05, 4.69) is 16.4 Å². The molecule has 184 valence electrons. The summed E-state index contributed by atoms with van der Waals surface area (Å²) in [4.78, 5) is 30.8. The Bertz CT molecular complexity index is 1150. The van der Waals surface area contributed by atoms with Crippen molar-refractivity contribution in [2.45, 2.75) is 40.3 Å². The first-order valence-corrected chi connectivity index (χ1v) is 11.8. The number of benzene rings is 2. The molecule has 1 N–H and O–H groups in total. The lowest BCUT2D eigenvalue weighted by Gasteiger charge is -2.24. The molecule has 0 aliphatic heterocycles. The van der Waals surface area contributed by atoms with Gasteiger partial charge in [-0.2, -0.15) is 0 Å². The second-order valence-corrected chi connectivity index (χ2v) is 8.21. The van der Waals surface area contributed by atoms with Gasteiger partial charge in [-0.25, -0.2) is 4.79 Å². The van der Waals surface area contributed by atoms with Crippen molar-refractivity contribution in [3.05, 3.63) is 83.2 Å². The van der Waals surface area contributed by atoms with Gasteiger partial charge in [0.25, 0.3) is 0 Å². The van der Waals surface area contributed by atoms with Crippen molar-refractivity contribution < 1.29 is 19.1 Å². The monoisotopic (exact) mass is 475 g/mol. The minimum absolute atomic E-state index is 0.139. The third kappa shape index (κ3) is 7.06. The number of hydrogen-bond donors (Lipinski definition) is 1. The highest BCUT2D eigenvalue weighted by atomic mass is 16.5. The SMILES string of the molecule is CCOC(=O)Cc1ccc(OC)c(-c2ccc(C)cc2CN(CC)C(=O)NCc2ccncc2)c1. The number of ether oxygens (including phenoxy) is 2. The van der Waals surface area contributed by atoms with E-state index in [9.17, 15) is 9.59 Å². The highest BCUT2D eigenvalue weighted by Gasteiger charge is 2.18. The Morgan fingerprint density at radius 1 is 0.971 bits per heavy atom. The number of nitrogens with one attached hydrogen (secondary N) is 1. The van der Waals surface area contributed by atoms with Crippen LogP contribution in [0, 0.1) is 6.92 Å². The summed E-state index contributed by atoms with van der Waals surface area (Å²) >= 11 is 0. The third-order valence-electron chi connectivity index (χ3n) is 5.69. The molecule has 0 saturated carbocycles. The van der Waals surface area contributed by atoms with Crippen LogP contribution >= 0.6 is 0 Å². The molecule has 0 spiro atoms. The van der Waals surface area contributed by atoms with E-state index in [1.807, 2.05) is 56.3 Å². The molecule has 3 rings (SSSR count). The van der Waals surface area contributed by atoms with Gasteiger partial charge in [-0.1, -0.05) is 29.8 Å². The Kier molecular flexibility index (Phi) is 9.23. The number of hydrogen-bond acceptors (Lipinski definition) is 5. The van der Waals surface area contributed by atoms with E-state index < -0.39 is 0 Å². The molecule has 3 aromatic rings. The van der Waals surface area contributed by atoms with E-state index in [4.69, 9.17) is 9.47 Å². The molecule has 0 unspecified atom stereocenters. The number of aryl methyl sites for hydroxylation is 1. The number of urea groups is 1. The molecular formula is C28H33N3O4. The van der Waals surface area contributed by atoms with Crippen molar-refractivity contribution in [2.75, 3.05) is 20.3 Å². The maximum atomic E-state index is 13.0. The number of methoxy groups -OCH3 is 1. The highest BCUT2D eigenvalue weighted by Crippen LogP contribution is 2.34. The van der Waals surface area contributed by atoms with Gasteiger partial charge < -0.3 is 19.7 Å². The Balaban J connectivity index is 1.87. The van der Waals surface area contributed by atoms with Gasteiger partial charge in [0.1, 0.15) is 5.75 Å². The summed E-state index contributed by atoms with van der Waals surface area (Å²) in [5, 5.41) is 2.99. The summed E-state index contributed by atoms with van der Waals surface area (Å²) in [7, 11) is 1.63. The van der Waals surface area contributed by atoms with Gasteiger partial charge in [-0.05, 0) is 67.3 Å². The van der Waals surface area contributed by atoms with Crippen LogP contribution in [-0.4, -0.2) is 42.1 Å². The maximum Gasteiger partial charge on any atom is 0.317 e. The van der Waals surface area contributed by atoms with Gasteiger partial charge in [0.2, 0.25) is 0 Å². The lowest BCUT2D eigenvalue weighted by atomic mass is 9.94. The van der Waals surface area contributed by atoms with Crippen molar-refractivity contribution >= 4 is 12.0 Å². The van der Waals surface area contributed by atoms with Crippen LogP contribution < -0.4 is 10.1 Å². The summed E-state index contributed by atoms with van der Waals surface area (Å²) in [5.41, 5.74) is 5.75. The predicted octanol–water partition coefficient (Wildman–Crippen LogP) is 4.90. The molecule has 0 bridgehead atoms. The molecule has 0 saturated heterocycles. The molecule has 7 heteroatoms. The molecule has 2 aromatic carbocycles. The van der Waals surface area contributed by atoms with Crippen LogP contribution in [0.4, 0.5) is 4.79 Å². The fourth-order valence-electron chi connectivity index (χ4n) is 3.89. The minimum Gasteiger partial charge on any atom is -0.496 e.